The molecule has 2 amide bonds. The number of hydrogen-bond acceptors (Lipinski definition) is 7. The molecule has 11 heteroatoms. The van der Waals surface area contributed by atoms with Gasteiger partial charge >= 0.3 is 6.09 Å². The van der Waals surface area contributed by atoms with Crippen molar-refractivity contribution in [1.82, 2.24) is 24.5 Å². The number of thiazole rings is 1. The Bertz CT molecular complexity index is 1550. The molecule has 9 nitrogen and oxygen atoms in total. The lowest BCUT2D eigenvalue weighted by atomic mass is 10.0. The normalized spacial score (nSPS) is 16.7. The molecule has 0 bridgehead atoms. The molecule has 0 radical (unpaired) electrons. The number of nitrogens with zero attached hydrogens (tertiary/aromatic N) is 4. The summed E-state index contributed by atoms with van der Waals surface area (Å²) in [4.78, 5) is 34.6. The standard InChI is InChI=1S/C28H30FN5O4S/c1-32-11-7-17(8-12-32)30-26(35)20-14-25-23(15-24(20)37-2)34-16-22(31-27(34)39-25)19-6-5-18(13-21(19)29)38-28(36)33-9-3-4-10-33/h5-6,13-17H,3-4,7-12H2,1-2H3,(H,30,35). The third kappa shape index (κ3) is 5.04. The van der Waals surface area contributed by atoms with Crippen molar-refractivity contribution in [2.75, 3.05) is 40.3 Å². The number of ether oxygens (including phenoxy) is 2. The van der Waals surface area contributed by atoms with Crippen LogP contribution >= 0.6 is 11.3 Å². The molecular formula is C28H30FN5O4S. The van der Waals surface area contributed by atoms with Crippen molar-refractivity contribution in [3.05, 3.63) is 47.9 Å². The fourth-order valence-electron chi connectivity index (χ4n) is 5.25. The first-order chi connectivity index (χ1) is 18.9. The second-order valence-corrected chi connectivity index (χ2v) is 11.2. The molecule has 2 saturated heterocycles. The van der Waals surface area contributed by atoms with E-state index in [0.717, 1.165) is 49.0 Å². The number of aromatic nitrogens is 2. The number of carbonyl (C=O) groups excluding carboxylic acids is 2. The molecule has 4 aromatic rings. The number of rotatable bonds is 5. The van der Waals surface area contributed by atoms with Crippen molar-refractivity contribution in [3.63, 3.8) is 0 Å². The Morgan fingerprint density at radius 3 is 2.59 bits per heavy atom. The van der Waals surface area contributed by atoms with Gasteiger partial charge in [-0.1, -0.05) is 11.3 Å². The summed E-state index contributed by atoms with van der Waals surface area (Å²) in [6.45, 7) is 3.24. The largest absolute Gasteiger partial charge is 0.496 e. The monoisotopic (exact) mass is 551 g/mol. The second kappa shape index (κ2) is 10.5. The fraction of sp³-hybridized carbons (Fsp3) is 0.393. The molecule has 0 saturated carbocycles. The molecule has 0 spiro atoms. The first-order valence-electron chi connectivity index (χ1n) is 13.2. The van der Waals surface area contributed by atoms with E-state index in [4.69, 9.17) is 9.47 Å². The summed E-state index contributed by atoms with van der Waals surface area (Å²) in [5, 5.41) is 3.15. The Kier molecular flexibility index (Phi) is 6.86. The Morgan fingerprint density at radius 2 is 1.87 bits per heavy atom. The average molecular weight is 552 g/mol. The Balaban J connectivity index is 1.25. The minimum absolute atomic E-state index is 0.141. The van der Waals surface area contributed by atoms with E-state index in [9.17, 15) is 9.59 Å². The molecule has 0 atom stereocenters. The van der Waals surface area contributed by atoms with Crippen LogP contribution in [0.3, 0.4) is 0 Å². The summed E-state index contributed by atoms with van der Waals surface area (Å²) >= 11 is 1.42. The zero-order valence-corrected chi connectivity index (χ0v) is 22.7. The topological polar surface area (TPSA) is 88.4 Å². The first-order valence-corrected chi connectivity index (χ1v) is 14.0. The lowest BCUT2D eigenvalue weighted by Crippen LogP contribution is -2.43. The first kappa shape index (κ1) is 25.6. The number of benzene rings is 2. The highest BCUT2D eigenvalue weighted by Crippen LogP contribution is 2.35. The summed E-state index contributed by atoms with van der Waals surface area (Å²) in [7, 11) is 3.63. The maximum Gasteiger partial charge on any atom is 0.415 e. The molecule has 1 N–H and O–H groups in total. The lowest BCUT2D eigenvalue weighted by molar-refractivity contribution is 0.0914. The van der Waals surface area contributed by atoms with Gasteiger partial charge in [0.05, 0.1) is 28.6 Å². The third-order valence-corrected chi connectivity index (χ3v) is 8.52. The van der Waals surface area contributed by atoms with Crippen molar-refractivity contribution < 1.29 is 23.5 Å². The van der Waals surface area contributed by atoms with Crippen LogP contribution in [-0.4, -0.2) is 77.6 Å². The Morgan fingerprint density at radius 1 is 1.10 bits per heavy atom. The zero-order chi connectivity index (χ0) is 27.1. The summed E-state index contributed by atoms with van der Waals surface area (Å²) in [5.41, 5.74) is 2.07. The number of amides is 2. The van der Waals surface area contributed by atoms with E-state index >= 15 is 4.39 Å². The van der Waals surface area contributed by atoms with Gasteiger partial charge in [0.1, 0.15) is 17.3 Å². The van der Waals surface area contributed by atoms with Crippen LogP contribution in [0.4, 0.5) is 9.18 Å². The molecule has 4 heterocycles. The van der Waals surface area contributed by atoms with E-state index in [-0.39, 0.29) is 17.7 Å². The SMILES string of the molecule is COc1cc2c(cc1C(=O)NC1CCN(C)CC1)sc1nc(-c3ccc(OC(=O)N4CCCC4)cc3F)cn12. The van der Waals surface area contributed by atoms with Crippen LogP contribution < -0.4 is 14.8 Å². The molecule has 2 aromatic heterocycles. The Hall–Kier alpha value is -3.70. The van der Waals surface area contributed by atoms with Gasteiger partial charge in [0, 0.05) is 43.0 Å². The average Bonchev–Trinajstić information content (AvgIpc) is 3.66. The van der Waals surface area contributed by atoms with Crippen molar-refractivity contribution in [2.45, 2.75) is 31.7 Å². The number of hydrogen-bond donors (Lipinski definition) is 1. The van der Waals surface area contributed by atoms with E-state index in [1.54, 1.807) is 30.3 Å². The van der Waals surface area contributed by atoms with Crippen LogP contribution in [-0.2, 0) is 0 Å². The minimum atomic E-state index is -0.526. The highest BCUT2D eigenvalue weighted by molar-refractivity contribution is 7.23. The fourth-order valence-corrected chi connectivity index (χ4v) is 6.28. The molecule has 0 unspecified atom stereocenters. The minimum Gasteiger partial charge on any atom is -0.496 e. The van der Waals surface area contributed by atoms with Gasteiger partial charge in [-0.2, -0.15) is 0 Å². The van der Waals surface area contributed by atoms with Gasteiger partial charge in [0.15, 0.2) is 4.96 Å². The maximum absolute atomic E-state index is 15.1. The highest BCUT2D eigenvalue weighted by atomic mass is 32.1. The summed E-state index contributed by atoms with van der Waals surface area (Å²) in [6.07, 6.45) is 5.05. The second-order valence-electron chi connectivity index (χ2n) is 10.2. The van der Waals surface area contributed by atoms with Gasteiger partial charge in [-0.15, -0.1) is 0 Å². The molecule has 204 valence electrons. The summed E-state index contributed by atoms with van der Waals surface area (Å²) in [5.74, 6) is -0.0431. The van der Waals surface area contributed by atoms with Crippen LogP contribution in [0.2, 0.25) is 0 Å². The molecular weight excluding hydrogens is 521 g/mol. The Labute approximate surface area is 229 Å². The van der Waals surface area contributed by atoms with Crippen LogP contribution in [0.5, 0.6) is 11.5 Å². The van der Waals surface area contributed by atoms with Crippen molar-refractivity contribution in [3.8, 4) is 22.8 Å². The lowest BCUT2D eigenvalue weighted by Gasteiger charge is -2.29. The zero-order valence-electron chi connectivity index (χ0n) is 21.9. The quantitative estimate of drug-likeness (QED) is 0.384. The van der Waals surface area contributed by atoms with Gasteiger partial charge < -0.3 is 24.6 Å². The van der Waals surface area contributed by atoms with Crippen LogP contribution in [0.1, 0.15) is 36.0 Å². The molecule has 2 fully saturated rings. The number of imidazole rings is 1. The van der Waals surface area contributed by atoms with Crippen molar-refractivity contribution in [1.29, 1.82) is 0 Å². The van der Waals surface area contributed by atoms with Gasteiger partial charge in [-0.3, -0.25) is 9.20 Å². The van der Waals surface area contributed by atoms with E-state index < -0.39 is 11.9 Å². The van der Waals surface area contributed by atoms with E-state index in [0.29, 0.717) is 40.6 Å². The predicted molar refractivity (Wildman–Crippen MR) is 147 cm³/mol. The number of fused-ring (bicyclic) bond motifs is 3. The molecule has 6 rings (SSSR count). The van der Waals surface area contributed by atoms with E-state index in [2.05, 4.69) is 22.2 Å². The molecule has 39 heavy (non-hydrogen) atoms. The van der Waals surface area contributed by atoms with Crippen LogP contribution in [0.15, 0.2) is 36.5 Å². The van der Waals surface area contributed by atoms with Gasteiger partial charge in [-0.25, -0.2) is 14.2 Å². The highest BCUT2D eigenvalue weighted by Gasteiger charge is 2.24. The molecule has 2 aliphatic heterocycles. The number of likely N-dealkylation sites (tertiary alicyclic amines) is 2. The van der Waals surface area contributed by atoms with Crippen molar-refractivity contribution >= 4 is 38.5 Å². The van der Waals surface area contributed by atoms with Gasteiger partial charge in [0.2, 0.25) is 0 Å². The maximum atomic E-state index is 15.1. The number of halogens is 1. The predicted octanol–water partition coefficient (Wildman–Crippen LogP) is 4.78. The van der Waals surface area contributed by atoms with E-state index in [1.165, 1.54) is 17.4 Å². The molecule has 0 aliphatic carbocycles. The summed E-state index contributed by atoms with van der Waals surface area (Å²) in [6, 6.07) is 8.17. The molecule has 2 aromatic carbocycles. The number of nitrogens with one attached hydrogen (secondary N) is 1. The number of piperidine rings is 1. The van der Waals surface area contributed by atoms with E-state index in [1.807, 2.05) is 16.5 Å². The number of methoxy groups -OCH3 is 1. The van der Waals surface area contributed by atoms with Crippen LogP contribution in [0, 0.1) is 5.82 Å². The van der Waals surface area contributed by atoms with Gasteiger partial charge in [-0.05, 0) is 64.0 Å². The molecule has 2 aliphatic rings. The van der Waals surface area contributed by atoms with Crippen LogP contribution in [0.25, 0.3) is 26.4 Å². The summed E-state index contributed by atoms with van der Waals surface area (Å²) < 4.78 is 28.8. The van der Waals surface area contributed by atoms with Gasteiger partial charge in [0.25, 0.3) is 5.91 Å². The smallest absolute Gasteiger partial charge is 0.415 e. The third-order valence-electron chi connectivity index (χ3n) is 7.50. The van der Waals surface area contributed by atoms with Crippen molar-refractivity contribution in [2.24, 2.45) is 0 Å². The number of carbonyl (C=O) groups is 2.